The zero-order valence-electron chi connectivity index (χ0n) is 7.09. The first-order valence-electron chi connectivity index (χ1n) is 3.97. The van der Waals surface area contributed by atoms with E-state index >= 15 is 0 Å². The largest absolute Gasteiger partial charge is 0.298 e. The van der Waals surface area contributed by atoms with Crippen LogP contribution in [0, 0.1) is 5.82 Å². The summed E-state index contributed by atoms with van der Waals surface area (Å²) in [4.78, 5) is 11.6. The zero-order chi connectivity index (χ0) is 10.1. The number of hydrogen-bond donors (Lipinski definition) is 0. The molecule has 0 aliphatic carbocycles. The van der Waals surface area contributed by atoms with Crippen LogP contribution in [0.15, 0.2) is 18.2 Å². The van der Waals surface area contributed by atoms with Gasteiger partial charge in [-0.05, 0) is 23.6 Å². The maximum absolute atomic E-state index is 13.2. The van der Waals surface area contributed by atoms with Gasteiger partial charge in [0.15, 0.2) is 6.29 Å². The lowest BCUT2D eigenvalue weighted by Crippen LogP contribution is -1.85. The minimum Gasteiger partial charge on any atom is -0.298 e. The Morgan fingerprint density at radius 2 is 2.21 bits per heavy atom. The van der Waals surface area contributed by atoms with E-state index in [0.29, 0.717) is 6.29 Å². The second kappa shape index (κ2) is 3.79. The van der Waals surface area contributed by atoms with Gasteiger partial charge >= 0.3 is 0 Å². The first-order chi connectivity index (χ1) is 6.74. The minimum atomic E-state index is -0.449. The molecule has 0 atom stereocenters. The SMILES string of the molecule is O=Cc1cc2cc(CBr)sc2cc1F. The van der Waals surface area contributed by atoms with Crippen LogP contribution in [0.1, 0.15) is 15.2 Å². The number of benzene rings is 1. The Balaban J connectivity index is 2.69. The van der Waals surface area contributed by atoms with E-state index in [9.17, 15) is 9.18 Å². The van der Waals surface area contributed by atoms with Crippen LogP contribution in [0.5, 0.6) is 0 Å². The highest BCUT2D eigenvalue weighted by molar-refractivity contribution is 9.08. The third kappa shape index (κ3) is 1.60. The molecule has 2 aromatic rings. The van der Waals surface area contributed by atoms with E-state index in [2.05, 4.69) is 15.9 Å². The fourth-order valence-corrected chi connectivity index (χ4v) is 2.72. The molecule has 0 saturated carbocycles. The summed E-state index contributed by atoms with van der Waals surface area (Å²) in [5.74, 6) is -0.449. The van der Waals surface area contributed by atoms with E-state index in [4.69, 9.17) is 0 Å². The van der Waals surface area contributed by atoms with Gasteiger partial charge in [-0.3, -0.25) is 4.79 Å². The van der Waals surface area contributed by atoms with Gasteiger partial charge in [-0.25, -0.2) is 4.39 Å². The Morgan fingerprint density at radius 1 is 1.43 bits per heavy atom. The summed E-state index contributed by atoms with van der Waals surface area (Å²) in [6, 6.07) is 4.96. The topological polar surface area (TPSA) is 17.1 Å². The quantitative estimate of drug-likeness (QED) is 0.601. The van der Waals surface area contributed by atoms with Crippen molar-refractivity contribution in [1.82, 2.24) is 0 Å². The molecule has 0 N–H and O–H groups in total. The van der Waals surface area contributed by atoms with E-state index in [-0.39, 0.29) is 5.56 Å². The number of alkyl halides is 1. The molecule has 4 heteroatoms. The minimum absolute atomic E-state index is 0.122. The molecular formula is C10H6BrFOS. The number of hydrogen-bond acceptors (Lipinski definition) is 2. The maximum atomic E-state index is 13.2. The molecule has 1 heterocycles. The maximum Gasteiger partial charge on any atom is 0.153 e. The zero-order valence-corrected chi connectivity index (χ0v) is 9.49. The van der Waals surface area contributed by atoms with Crippen molar-refractivity contribution in [1.29, 1.82) is 0 Å². The predicted octanol–water partition coefficient (Wildman–Crippen LogP) is 3.75. The van der Waals surface area contributed by atoms with Crippen molar-refractivity contribution < 1.29 is 9.18 Å². The number of carbonyl (C=O) groups is 1. The number of thiophene rings is 1. The molecule has 0 unspecified atom stereocenters. The van der Waals surface area contributed by atoms with Crippen molar-refractivity contribution in [2.24, 2.45) is 0 Å². The lowest BCUT2D eigenvalue weighted by atomic mass is 10.2. The summed E-state index contributed by atoms with van der Waals surface area (Å²) in [6.45, 7) is 0. The lowest BCUT2D eigenvalue weighted by Gasteiger charge is -1.93. The highest BCUT2D eigenvalue weighted by Crippen LogP contribution is 2.28. The van der Waals surface area contributed by atoms with Crippen molar-refractivity contribution in [2.45, 2.75) is 5.33 Å². The first-order valence-corrected chi connectivity index (χ1v) is 5.91. The second-order valence-corrected chi connectivity index (χ2v) is 4.60. The Labute approximate surface area is 92.7 Å². The smallest absolute Gasteiger partial charge is 0.153 e. The summed E-state index contributed by atoms with van der Waals surface area (Å²) >= 11 is 4.86. The molecule has 2 rings (SSSR count). The molecule has 1 aromatic heterocycles. The van der Waals surface area contributed by atoms with Crippen molar-refractivity contribution in [2.75, 3.05) is 0 Å². The van der Waals surface area contributed by atoms with Gasteiger partial charge in [0, 0.05) is 14.9 Å². The van der Waals surface area contributed by atoms with E-state index in [1.54, 1.807) is 6.07 Å². The Morgan fingerprint density at radius 3 is 2.86 bits per heavy atom. The van der Waals surface area contributed by atoms with Crippen LogP contribution >= 0.6 is 27.3 Å². The van der Waals surface area contributed by atoms with Crippen LogP contribution in [0.4, 0.5) is 4.39 Å². The number of carbonyl (C=O) groups excluding carboxylic acids is 1. The highest BCUT2D eigenvalue weighted by Gasteiger charge is 2.06. The second-order valence-electron chi connectivity index (χ2n) is 2.88. The standard InChI is InChI=1S/C10H6BrFOS/c11-4-8-2-6-1-7(5-13)9(12)3-10(6)14-8/h1-3,5H,4H2. The van der Waals surface area contributed by atoms with Crippen LogP contribution in [-0.2, 0) is 5.33 Å². The van der Waals surface area contributed by atoms with Crippen molar-refractivity contribution >= 4 is 43.6 Å². The number of fused-ring (bicyclic) bond motifs is 1. The van der Waals surface area contributed by atoms with Gasteiger partial charge in [-0.1, -0.05) is 15.9 Å². The molecule has 0 spiro atoms. The molecule has 14 heavy (non-hydrogen) atoms. The van der Waals surface area contributed by atoms with E-state index in [0.717, 1.165) is 20.3 Å². The molecule has 1 aromatic carbocycles. The van der Waals surface area contributed by atoms with Gasteiger partial charge in [0.25, 0.3) is 0 Å². The van der Waals surface area contributed by atoms with Crippen molar-refractivity contribution in [3.63, 3.8) is 0 Å². The summed E-state index contributed by atoms with van der Waals surface area (Å²) in [5, 5.41) is 1.68. The molecule has 1 nitrogen and oxygen atoms in total. The molecule has 0 amide bonds. The molecule has 72 valence electrons. The van der Waals surface area contributed by atoms with Gasteiger partial charge in [0.2, 0.25) is 0 Å². The molecule has 0 aliphatic heterocycles. The van der Waals surface area contributed by atoms with Crippen LogP contribution in [0.25, 0.3) is 10.1 Å². The van der Waals surface area contributed by atoms with Gasteiger partial charge in [-0.15, -0.1) is 11.3 Å². The summed E-state index contributed by atoms with van der Waals surface area (Å²) < 4.78 is 14.1. The first kappa shape index (κ1) is 9.80. The third-order valence-electron chi connectivity index (χ3n) is 1.95. The molecule has 0 saturated heterocycles. The fraction of sp³-hybridized carbons (Fsp3) is 0.100. The summed E-state index contributed by atoms with van der Waals surface area (Å²) in [7, 11) is 0. The fourth-order valence-electron chi connectivity index (χ4n) is 1.29. The lowest BCUT2D eigenvalue weighted by molar-refractivity contribution is 0.112. The number of aldehydes is 1. The molecular weight excluding hydrogens is 267 g/mol. The molecule has 0 fully saturated rings. The molecule has 0 radical (unpaired) electrons. The monoisotopic (exact) mass is 272 g/mol. The average molecular weight is 273 g/mol. The molecule has 0 aliphatic rings. The van der Waals surface area contributed by atoms with Crippen molar-refractivity contribution in [3.8, 4) is 0 Å². The van der Waals surface area contributed by atoms with E-state index in [1.165, 1.54) is 17.4 Å². The number of rotatable bonds is 2. The van der Waals surface area contributed by atoms with Gasteiger partial charge in [0.05, 0.1) is 5.56 Å². The Hall–Kier alpha value is -0.740. The normalized spacial score (nSPS) is 10.7. The number of halogens is 2. The van der Waals surface area contributed by atoms with E-state index < -0.39 is 5.82 Å². The van der Waals surface area contributed by atoms with Crippen LogP contribution in [0.3, 0.4) is 0 Å². The van der Waals surface area contributed by atoms with Gasteiger partial charge in [0.1, 0.15) is 5.82 Å². The van der Waals surface area contributed by atoms with Crippen LogP contribution in [-0.4, -0.2) is 6.29 Å². The van der Waals surface area contributed by atoms with Crippen LogP contribution in [0.2, 0.25) is 0 Å². The predicted molar refractivity (Wildman–Crippen MR) is 59.8 cm³/mol. The third-order valence-corrected chi connectivity index (χ3v) is 4.02. The van der Waals surface area contributed by atoms with Gasteiger partial charge < -0.3 is 0 Å². The van der Waals surface area contributed by atoms with E-state index in [1.807, 2.05) is 6.07 Å². The Kier molecular flexibility index (Phi) is 2.65. The Bertz CT molecular complexity index is 492. The average Bonchev–Trinajstić information content (AvgIpc) is 2.58. The van der Waals surface area contributed by atoms with Gasteiger partial charge in [-0.2, -0.15) is 0 Å². The highest BCUT2D eigenvalue weighted by atomic mass is 79.9. The summed E-state index contributed by atoms with van der Waals surface area (Å²) in [6.07, 6.45) is 0.542. The summed E-state index contributed by atoms with van der Waals surface area (Å²) in [5.41, 5.74) is 0.122. The van der Waals surface area contributed by atoms with Crippen molar-refractivity contribution in [3.05, 3.63) is 34.5 Å². The molecule has 0 bridgehead atoms. The van der Waals surface area contributed by atoms with Crippen LogP contribution < -0.4 is 0 Å².